The number of hydrogen-bond donors (Lipinski definition) is 0. The van der Waals surface area contributed by atoms with Crippen LogP contribution < -0.4 is 0 Å². The second kappa shape index (κ2) is 1.61. The molecule has 35 valence electrons. The summed E-state index contributed by atoms with van der Waals surface area (Å²) in [6, 6.07) is 0. The van der Waals surface area contributed by atoms with Crippen molar-refractivity contribution < 1.29 is 4.74 Å². The van der Waals surface area contributed by atoms with Gasteiger partial charge in [-0.3, -0.25) is 0 Å². The van der Waals surface area contributed by atoms with Crippen LogP contribution in [0.4, 0.5) is 0 Å². The van der Waals surface area contributed by atoms with Crippen molar-refractivity contribution in [2.24, 2.45) is 0 Å². The van der Waals surface area contributed by atoms with E-state index in [0.29, 0.717) is 6.10 Å². The molecular formula is C5H9O. The molecule has 0 aliphatic carbocycles. The van der Waals surface area contributed by atoms with Gasteiger partial charge in [-0.25, -0.2) is 0 Å². The van der Waals surface area contributed by atoms with Gasteiger partial charge >= 0.3 is 0 Å². The monoisotopic (exact) mass is 85.1 g/mol. The Hall–Kier alpha value is -0.0400. The lowest BCUT2D eigenvalue weighted by molar-refractivity contribution is 0.144. The number of rotatable bonds is 0. The molecule has 0 saturated carbocycles. The Morgan fingerprint density at radius 2 is 2.50 bits per heavy atom. The average molecular weight is 85.1 g/mol. The second-order valence-electron chi connectivity index (χ2n) is 1.64. The van der Waals surface area contributed by atoms with Crippen LogP contribution in [-0.4, -0.2) is 12.7 Å². The van der Waals surface area contributed by atoms with E-state index in [4.69, 9.17) is 4.74 Å². The Kier molecular flexibility index (Phi) is 1.10. The van der Waals surface area contributed by atoms with Crippen LogP contribution >= 0.6 is 0 Å². The van der Waals surface area contributed by atoms with Gasteiger partial charge in [-0.15, -0.1) is 0 Å². The second-order valence-corrected chi connectivity index (χ2v) is 1.64. The fourth-order valence-corrected chi connectivity index (χ4v) is 0.644. The van der Waals surface area contributed by atoms with Crippen molar-refractivity contribution in [2.75, 3.05) is 6.61 Å². The summed E-state index contributed by atoms with van der Waals surface area (Å²) in [7, 11) is 0. The molecule has 1 heteroatoms. The molecule has 1 aliphatic rings. The third kappa shape index (κ3) is 0.716. The summed E-state index contributed by atoms with van der Waals surface area (Å²) in [6.07, 6.45) is 2.65. The van der Waals surface area contributed by atoms with Crippen LogP contribution in [0, 0.1) is 6.92 Å². The molecule has 1 atom stereocenters. The summed E-state index contributed by atoms with van der Waals surface area (Å²) in [5, 5.41) is 0. The highest BCUT2D eigenvalue weighted by Gasteiger charge is 2.07. The largest absolute Gasteiger partial charge is 0.378 e. The van der Waals surface area contributed by atoms with Crippen LogP contribution in [0.25, 0.3) is 0 Å². The van der Waals surface area contributed by atoms with E-state index in [1.54, 1.807) is 0 Å². The fraction of sp³-hybridized carbons (Fsp3) is 0.800. The van der Waals surface area contributed by atoms with Gasteiger partial charge in [0.05, 0.1) is 6.10 Å². The summed E-state index contributed by atoms with van der Waals surface area (Å²) in [4.78, 5) is 0. The Balaban J connectivity index is 2.18. The van der Waals surface area contributed by atoms with Crippen LogP contribution in [0.1, 0.15) is 12.8 Å². The van der Waals surface area contributed by atoms with E-state index < -0.39 is 0 Å². The van der Waals surface area contributed by atoms with Gasteiger partial charge in [-0.2, -0.15) is 0 Å². The molecule has 0 N–H and O–H groups in total. The molecule has 0 bridgehead atoms. The van der Waals surface area contributed by atoms with E-state index in [1.807, 2.05) is 0 Å². The van der Waals surface area contributed by atoms with Gasteiger partial charge in [0.25, 0.3) is 0 Å². The molecule has 0 aromatic carbocycles. The maximum atomic E-state index is 5.04. The van der Waals surface area contributed by atoms with E-state index in [9.17, 15) is 0 Å². The number of ether oxygens (including phenoxy) is 1. The first-order chi connectivity index (χ1) is 2.89. The third-order valence-electron chi connectivity index (χ3n) is 1.02. The SMILES string of the molecule is [CH2]C1CCCO1. The molecule has 1 fully saturated rings. The maximum Gasteiger partial charge on any atom is 0.0577 e. The fourth-order valence-electron chi connectivity index (χ4n) is 0.644. The van der Waals surface area contributed by atoms with Gasteiger partial charge in [-0.1, -0.05) is 0 Å². The molecule has 1 aliphatic heterocycles. The molecule has 1 radical (unpaired) electrons. The summed E-state index contributed by atoms with van der Waals surface area (Å²) < 4.78 is 5.04. The Morgan fingerprint density at radius 1 is 1.67 bits per heavy atom. The highest BCUT2D eigenvalue weighted by molar-refractivity contribution is 4.64. The Labute approximate surface area is 38.3 Å². The quantitative estimate of drug-likeness (QED) is 0.426. The van der Waals surface area contributed by atoms with Crippen molar-refractivity contribution in [3.8, 4) is 0 Å². The van der Waals surface area contributed by atoms with Crippen molar-refractivity contribution in [1.29, 1.82) is 0 Å². The first kappa shape index (κ1) is 4.13. The predicted octanol–water partition coefficient (Wildman–Crippen LogP) is 0.999. The van der Waals surface area contributed by atoms with Gasteiger partial charge in [0, 0.05) is 6.61 Å². The highest BCUT2D eigenvalue weighted by atomic mass is 16.5. The standard InChI is InChI=1S/C5H9O/c1-5-3-2-4-6-5/h5H,1-4H2. The molecule has 1 nitrogen and oxygen atoms in total. The Morgan fingerprint density at radius 3 is 2.67 bits per heavy atom. The summed E-state index contributed by atoms with van der Waals surface area (Å²) in [6.45, 7) is 4.64. The molecule has 1 heterocycles. The minimum absolute atomic E-state index is 0.296. The zero-order chi connectivity index (χ0) is 4.41. The van der Waals surface area contributed by atoms with Crippen LogP contribution in [0.5, 0.6) is 0 Å². The molecule has 0 amide bonds. The molecule has 1 unspecified atom stereocenters. The van der Waals surface area contributed by atoms with Gasteiger partial charge in [0.1, 0.15) is 0 Å². The van der Waals surface area contributed by atoms with Gasteiger partial charge in [0.15, 0.2) is 0 Å². The van der Waals surface area contributed by atoms with E-state index in [0.717, 1.165) is 13.0 Å². The van der Waals surface area contributed by atoms with E-state index in [1.165, 1.54) is 6.42 Å². The lowest BCUT2D eigenvalue weighted by atomic mass is 10.3. The highest BCUT2D eigenvalue weighted by Crippen LogP contribution is 2.08. The minimum atomic E-state index is 0.296. The molecule has 0 aromatic heterocycles. The first-order valence-corrected chi connectivity index (χ1v) is 2.34. The van der Waals surface area contributed by atoms with Crippen LogP contribution in [0.15, 0.2) is 0 Å². The topological polar surface area (TPSA) is 9.23 Å². The van der Waals surface area contributed by atoms with Gasteiger partial charge < -0.3 is 4.74 Å². The zero-order valence-electron chi connectivity index (χ0n) is 3.81. The van der Waals surface area contributed by atoms with E-state index in [-0.39, 0.29) is 0 Å². The van der Waals surface area contributed by atoms with Crippen molar-refractivity contribution in [3.63, 3.8) is 0 Å². The van der Waals surface area contributed by atoms with E-state index in [2.05, 4.69) is 6.92 Å². The van der Waals surface area contributed by atoms with Crippen LogP contribution in [0.2, 0.25) is 0 Å². The first-order valence-electron chi connectivity index (χ1n) is 2.34. The van der Waals surface area contributed by atoms with E-state index >= 15 is 0 Å². The van der Waals surface area contributed by atoms with Crippen molar-refractivity contribution in [2.45, 2.75) is 18.9 Å². The predicted molar refractivity (Wildman–Crippen MR) is 24.3 cm³/mol. The summed E-state index contributed by atoms with van der Waals surface area (Å²) in [5.74, 6) is 0. The average Bonchev–Trinajstić information content (AvgIpc) is 1.86. The van der Waals surface area contributed by atoms with Crippen molar-refractivity contribution in [1.82, 2.24) is 0 Å². The maximum absolute atomic E-state index is 5.04. The Bertz CT molecular complexity index is 37.2. The van der Waals surface area contributed by atoms with Gasteiger partial charge in [0.2, 0.25) is 0 Å². The molecule has 0 aromatic rings. The van der Waals surface area contributed by atoms with Crippen molar-refractivity contribution in [3.05, 3.63) is 6.92 Å². The van der Waals surface area contributed by atoms with Crippen LogP contribution in [0.3, 0.4) is 0 Å². The summed E-state index contributed by atoms with van der Waals surface area (Å²) >= 11 is 0. The lowest BCUT2D eigenvalue weighted by Crippen LogP contribution is -1.94. The molecule has 1 saturated heterocycles. The minimum Gasteiger partial charge on any atom is -0.378 e. The lowest BCUT2D eigenvalue weighted by Gasteiger charge is -1.94. The molecule has 0 spiro atoms. The smallest absolute Gasteiger partial charge is 0.0577 e. The molecule has 6 heavy (non-hydrogen) atoms. The van der Waals surface area contributed by atoms with Crippen molar-refractivity contribution >= 4 is 0 Å². The van der Waals surface area contributed by atoms with Crippen LogP contribution in [-0.2, 0) is 4.74 Å². The zero-order valence-corrected chi connectivity index (χ0v) is 3.81. The number of hydrogen-bond acceptors (Lipinski definition) is 1. The van der Waals surface area contributed by atoms with Gasteiger partial charge in [-0.05, 0) is 19.8 Å². The summed E-state index contributed by atoms with van der Waals surface area (Å²) in [5.41, 5.74) is 0. The molecule has 1 rings (SSSR count). The molecular weight excluding hydrogens is 76.1 g/mol. The normalized spacial score (nSPS) is 34.5. The third-order valence-corrected chi connectivity index (χ3v) is 1.02.